The Balaban J connectivity index is 2.19. The minimum absolute atomic E-state index is 0.243. The molecule has 0 fully saturated rings. The van der Waals surface area contributed by atoms with Gasteiger partial charge in [0.05, 0.1) is 10.9 Å². The predicted octanol–water partition coefficient (Wildman–Crippen LogP) is 0.829. The Hall–Kier alpha value is -1.64. The lowest BCUT2D eigenvalue weighted by Crippen LogP contribution is -2.40. The smallest absolute Gasteiger partial charge is 0.329 e. The molecule has 0 aliphatic carbocycles. The first-order valence-electron chi connectivity index (χ1n) is 5.09. The molecule has 0 aromatic carbocycles. The van der Waals surface area contributed by atoms with E-state index in [0.717, 1.165) is 4.88 Å². The first kappa shape index (κ1) is 15.4. The van der Waals surface area contributed by atoms with Crippen LogP contribution in [0.25, 0.3) is 0 Å². The fourth-order valence-electron chi connectivity index (χ4n) is 1.05. The average Bonchev–Trinajstić information content (AvgIpc) is 2.72. The van der Waals surface area contributed by atoms with Gasteiger partial charge in [-0.2, -0.15) is 0 Å². The van der Waals surface area contributed by atoms with Crippen molar-refractivity contribution >= 4 is 40.8 Å². The highest BCUT2D eigenvalue weighted by Gasteiger charge is 2.08. The van der Waals surface area contributed by atoms with E-state index in [1.165, 1.54) is 11.3 Å². The van der Waals surface area contributed by atoms with Crippen LogP contribution < -0.4 is 10.6 Å². The van der Waals surface area contributed by atoms with Gasteiger partial charge in [-0.05, 0) is 12.1 Å². The SMILES string of the molecule is O=C(O)COCC(=O)NC(=O)NCc1ccc(Cl)s1. The molecule has 19 heavy (non-hydrogen) atoms. The molecule has 104 valence electrons. The van der Waals surface area contributed by atoms with E-state index in [1.54, 1.807) is 12.1 Å². The summed E-state index contributed by atoms with van der Waals surface area (Å²) < 4.78 is 5.12. The van der Waals surface area contributed by atoms with Crippen LogP contribution in [0.3, 0.4) is 0 Å². The maximum atomic E-state index is 11.3. The van der Waals surface area contributed by atoms with Crippen molar-refractivity contribution in [2.75, 3.05) is 13.2 Å². The number of halogens is 1. The largest absolute Gasteiger partial charge is 0.480 e. The lowest BCUT2D eigenvalue weighted by Gasteiger charge is -2.05. The second-order valence-electron chi connectivity index (χ2n) is 3.32. The average molecular weight is 307 g/mol. The molecule has 0 spiro atoms. The number of urea groups is 1. The van der Waals surface area contributed by atoms with Crippen LogP contribution in [0.1, 0.15) is 4.88 Å². The summed E-state index contributed by atoms with van der Waals surface area (Å²) in [6, 6.07) is 2.77. The number of amides is 3. The summed E-state index contributed by atoms with van der Waals surface area (Å²) in [5.74, 6) is -1.91. The van der Waals surface area contributed by atoms with E-state index in [1.807, 2.05) is 5.32 Å². The molecule has 0 aliphatic heterocycles. The Bertz CT molecular complexity index is 476. The van der Waals surface area contributed by atoms with Crippen LogP contribution in [0.2, 0.25) is 4.34 Å². The predicted molar refractivity (Wildman–Crippen MR) is 68.2 cm³/mol. The summed E-state index contributed by atoms with van der Waals surface area (Å²) in [5, 5.41) is 12.7. The lowest BCUT2D eigenvalue weighted by atomic mass is 10.5. The van der Waals surface area contributed by atoms with Gasteiger partial charge < -0.3 is 15.2 Å². The Morgan fingerprint density at radius 1 is 1.32 bits per heavy atom. The monoisotopic (exact) mass is 306 g/mol. The molecule has 9 heteroatoms. The molecule has 1 aromatic rings. The molecule has 0 bridgehead atoms. The summed E-state index contributed by atoms with van der Waals surface area (Å²) in [6.45, 7) is -0.847. The van der Waals surface area contributed by atoms with E-state index in [2.05, 4.69) is 10.1 Å². The Morgan fingerprint density at radius 3 is 2.63 bits per heavy atom. The fourth-order valence-corrected chi connectivity index (χ4v) is 2.08. The third kappa shape index (κ3) is 6.75. The van der Waals surface area contributed by atoms with Crippen LogP contribution in [0, 0.1) is 0 Å². The number of rotatable bonds is 6. The summed E-state index contributed by atoms with van der Waals surface area (Å²) in [5.41, 5.74) is 0. The van der Waals surface area contributed by atoms with Crippen LogP contribution in [-0.4, -0.2) is 36.2 Å². The molecule has 0 aliphatic rings. The molecule has 3 N–H and O–H groups in total. The first-order valence-corrected chi connectivity index (χ1v) is 6.28. The molecule has 0 saturated carbocycles. The topological polar surface area (TPSA) is 105 Å². The third-order valence-corrected chi connectivity index (χ3v) is 2.99. The lowest BCUT2D eigenvalue weighted by molar-refractivity contribution is -0.143. The Morgan fingerprint density at radius 2 is 2.05 bits per heavy atom. The molecule has 3 amide bonds. The zero-order valence-electron chi connectivity index (χ0n) is 9.64. The number of hydrogen-bond acceptors (Lipinski definition) is 5. The summed E-state index contributed by atoms with van der Waals surface area (Å²) in [4.78, 5) is 33.4. The molecular weight excluding hydrogens is 296 g/mol. The highest BCUT2D eigenvalue weighted by atomic mass is 35.5. The van der Waals surface area contributed by atoms with E-state index in [9.17, 15) is 14.4 Å². The van der Waals surface area contributed by atoms with Crippen LogP contribution >= 0.6 is 22.9 Å². The molecule has 7 nitrogen and oxygen atoms in total. The number of carboxylic acids is 1. The molecule has 0 unspecified atom stereocenters. The number of ether oxygens (including phenoxy) is 1. The van der Waals surface area contributed by atoms with Gasteiger partial charge in [0.1, 0.15) is 13.2 Å². The van der Waals surface area contributed by atoms with Crippen molar-refractivity contribution in [2.24, 2.45) is 0 Å². The minimum Gasteiger partial charge on any atom is -0.480 e. The van der Waals surface area contributed by atoms with E-state index in [-0.39, 0.29) is 6.54 Å². The number of nitrogens with one attached hydrogen (secondary N) is 2. The minimum atomic E-state index is -1.19. The Labute approximate surface area is 117 Å². The highest BCUT2D eigenvalue weighted by molar-refractivity contribution is 7.16. The summed E-state index contributed by atoms with van der Waals surface area (Å²) >= 11 is 7.03. The van der Waals surface area contributed by atoms with Gasteiger partial charge in [-0.25, -0.2) is 9.59 Å². The van der Waals surface area contributed by atoms with Gasteiger partial charge in [-0.3, -0.25) is 10.1 Å². The second-order valence-corrected chi connectivity index (χ2v) is 5.12. The molecule has 0 radical (unpaired) electrons. The number of carboxylic acid groups (broad SMARTS) is 1. The van der Waals surface area contributed by atoms with Gasteiger partial charge in [-0.15, -0.1) is 11.3 Å². The number of carbonyl (C=O) groups is 3. The maximum absolute atomic E-state index is 11.3. The molecule has 1 aromatic heterocycles. The van der Waals surface area contributed by atoms with Gasteiger partial charge in [0.25, 0.3) is 5.91 Å². The Kier molecular flexibility index (Phi) is 6.26. The molecule has 0 atom stereocenters. The number of carbonyl (C=O) groups excluding carboxylic acids is 2. The van der Waals surface area contributed by atoms with Crippen molar-refractivity contribution < 1.29 is 24.2 Å². The van der Waals surface area contributed by atoms with Crippen molar-refractivity contribution in [1.82, 2.24) is 10.6 Å². The number of thiophene rings is 1. The number of hydrogen-bond donors (Lipinski definition) is 3. The van der Waals surface area contributed by atoms with Crippen molar-refractivity contribution in [3.8, 4) is 0 Å². The molecular formula is C10H11ClN2O5S. The summed E-state index contributed by atoms with van der Waals surface area (Å²) in [7, 11) is 0. The van der Waals surface area contributed by atoms with Crippen molar-refractivity contribution in [3.05, 3.63) is 21.3 Å². The highest BCUT2D eigenvalue weighted by Crippen LogP contribution is 2.20. The normalized spacial score (nSPS) is 9.95. The van der Waals surface area contributed by atoms with E-state index in [0.29, 0.717) is 4.34 Å². The van der Waals surface area contributed by atoms with Crippen LogP contribution in [0.4, 0.5) is 4.79 Å². The summed E-state index contributed by atoms with van der Waals surface area (Å²) in [6.07, 6.45) is 0. The van der Waals surface area contributed by atoms with Gasteiger partial charge in [-0.1, -0.05) is 11.6 Å². The third-order valence-electron chi connectivity index (χ3n) is 1.76. The zero-order valence-corrected chi connectivity index (χ0v) is 11.2. The zero-order chi connectivity index (χ0) is 14.3. The van der Waals surface area contributed by atoms with Crippen molar-refractivity contribution in [1.29, 1.82) is 0 Å². The quantitative estimate of drug-likeness (QED) is 0.722. The van der Waals surface area contributed by atoms with Gasteiger partial charge in [0, 0.05) is 4.88 Å². The van der Waals surface area contributed by atoms with Crippen molar-refractivity contribution in [3.63, 3.8) is 0 Å². The number of aliphatic carboxylic acids is 1. The molecule has 1 heterocycles. The first-order chi connectivity index (χ1) is 8.97. The van der Waals surface area contributed by atoms with Crippen LogP contribution in [-0.2, 0) is 20.9 Å². The maximum Gasteiger partial charge on any atom is 0.329 e. The van der Waals surface area contributed by atoms with E-state index < -0.39 is 31.1 Å². The standard InChI is InChI=1S/C10H11ClN2O5S/c11-7-2-1-6(19-7)3-12-10(17)13-8(14)4-18-5-9(15)16/h1-2H,3-5H2,(H,15,16)(H2,12,13,14,17). The van der Waals surface area contributed by atoms with Crippen LogP contribution in [0.15, 0.2) is 12.1 Å². The second kappa shape index (κ2) is 7.72. The number of imide groups is 1. The van der Waals surface area contributed by atoms with Gasteiger partial charge in [0.15, 0.2) is 0 Å². The van der Waals surface area contributed by atoms with Crippen molar-refractivity contribution in [2.45, 2.75) is 6.54 Å². The van der Waals surface area contributed by atoms with Crippen LogP contribution in [0.5, 0.6) is 0 Å². The van der Waals surface area contributed by atoms with Gasteiger partial charge >= 0.3 is 12.0 Å². The van der Waals surface area contributed by atoms with Gasteiger partial charge in [0.2, 0.25) is 0 Å². The molecule has 0 saturated heterocycles. The van der Waals surface area contributed by atoms with E-state index >= 15 is 0 Å². The molecule has 1 rings (SSSR count). The van der Waals surface area contributed by atoms with E-state index in [4.69, 9.17) is 16.7 Å². The fraction of sp³-hybridized carbons (Fsp3) is 0.300.